The summed E-state index contributed by atoms with van der Waals surface area (Å²) in [7, 11) is 0. The lowest BCUT2D eigenvalue weighted by atomic mass is 10.0. The van der Waals surface area contributed by atoms with Crippen LogP contribution < -0.4 is 4.74 Å². The van der Waals surface area contributed by atoms with Gasteiger partial charge in [0.05, 0.1) is 12.3 Å². The molecule has 0 bridgehead atoms. The van der Waals surface area contributed by atoms with Crippen LogP contribution >= 0.6 is 0 Å². The summed E-state index contributed by atoms with van der Waals surface area (Å²) >= 11 is 0. The van der Waals surface area contributed by atoms with Crippen molar-refractivity contribution in [1.82, 2.24) is 9.97 Å². The molecule has 0 aliphatic heterocycles. The summed E-state index contributed by atoms with van der Waals surface area (Å²) < 4.78 is 11.9. The number of nitrogens with zero attached hydrogens (tertiary/aromatic N) is 2. The average Bonchev–Trinajstić information content (AvgIpc) is 3.19. The van der Waals surface area contributed by atoms with Gasteiger partial charge in [-0.05, 0) is 67.3 Å². The van der Waals surface area contributed by atoms with Gasteiger partial charge in [0.25, 0.3) is 0 Å². The van der Waals surface area contributed by atoms with Crippen LogP contribution in [0.2, 0.25) is 0 Å². The number of ether oxygens (including phenoxy) is 1. The van der Waals surface area contributed by atoms with Crippen molar-refractivity contribution in [3.05, 3.63) is 89.6 Å². The van der Waals surface area contributed by atoms with Gasteiger partial charge in [0, 0.05) is 36.4 Å². The first-order chi connectivity index (χ1) is 16.0. The number of carboxylic acids is 1. The molecule has 2 aromatic carbocycles. The van der Waals surface area contributed by atoms with Crippen molar-refractivity contribution in [1.29, 1.82) is 0 Å². The highest BCUT2D eigenvalue weighted by Gasteiger charge is 2.13. The molecule has 0 atom stereocenters. The molecule has 0 radical (unpaired) electrons. The number of aryl methyl sites for hydroxylation is 3. The molecule has 0 saturated carbocycles. The van der Waals surface area contributed by atoms with E-state index < -0.39 is 5.97 Å². The van der Waals surface area contributed by atoms with E-state index in [1.165, 1.54) is 0 Å². The highest BCUT2D eigenvalue weighted by atomic mass is 16.5. The number of carbonyl (C=O) groups is 1. The van der Waals surface area contributed by atoms with E-state index in [9.17, 15) is 4.79 Å². The summed E-state index contributed by atoms with van der Waals surface area (Å²) in [6.45, 7) is 4.35. The number of hydrogen-bond acceptors (Lipinski definition) is 5. The Bertz CT molecular complexity index is 1250. The summed E-state index contributed by atoms with van der Waals surface area (Å²) in [5.41, 5.74) is 5.94. The maximum Gasteiger partial charge on any atom is 0.303 e. The predicted octanol–water partition coefficient (Wildman–Crippen LogP) is 5.66. The molecule has 0 aliphatic carbocycles. The van der Waals surface area contributed by atoms with Gasteiger partial charge in [-0.2, -0.15) is 0 Å². The van der Waals surface area contributed by atoms with E-state index in [4.69, 9.17) is 19.2 Å². The number of aromatic nitrogens is 2. The third-order valence-electron chi connectivity index (χ3n) is 5.53. The Kier molecular flexibility index (Phi) is 6.83. The molecular formula is C27H26N2O4. The minimum absolute atomic E-state index is 0.125. The molecule has 0 unspecified atom stereocenters. The molecule has 6 nitrogen and oxygen atoms in total. The SMILES string of the molecule is Cc1cc(OCCc2nc(-c3cccc(-c4cccnc4)c3)oc2C)ccc1CCC(=O)O. The summed E-state index contributed by atoms with van der Waals surface area (Å²) in [5, 5.41) is 8.87. The van der Waals surface area contributed by atoms with Crippen molar-refractivity contribution in [2.24, 2.45) is 0 Å². The third kappa shape index (κ3) is 5.66. The Labute approximate surface area is 192 Å². The van der Waals surface area contributed by atoms with Crippen LogP contribution in [0, 0.1) is 13.8 Å². The van der Waals surface area contributed by atoms with Gasteiger partial charge in [-0.25, -0.2) is 4.98 Å². The number of oxazole rings is 1. The lowest BCUT2D eigenvalue weighted by Crippen LogP contribution is -2.04. The minimum atomic E-state index is -0.791. The maximum atomic E-state index is 10.8. The molecule has 0 aliphatic rings. The summed E-state index contributed by atoms with van der Waals surface area (Å²) in [4.78, 5) is 19.7. The molecule has 0 fully saturated rings. The lowest BCUT2D eigenvalue weighted by molar-refractivity contribution is -0.136. The Morgan fingerprint density at radius 1 is 1.00 bits per heavy atom. The molecule has 4 aromatic rings. The van der Waals surface area contributed by atoms with Crippen LogP contribution in [0.25, 0.3) is 22.6 Å². The van der Waals surface area contributed by atoms with Crippen LogP contribution in [0.4, 0.5) is 0 Å². The number of benzene rings is 2. The van der Waals surface area contributed by atoms with E-state index in [0.717, 1.165) is 45.0 Å². The monoisotopic (exact) mass is 442 g/mol. The number of aliphatic carboxylic acids is 1. The second kappa shape index (κ2) is 10.1. The van der Waals surface area contributed by atoms with Crippen LogP contribution in [0.1, 0.15) is 29.0 Å². The first-order valence-corrected chi connectivity index (χ1v) is 10.9. The largest absolute Gasteiger partial charge is 0.493 e. The van der Waals surface area contributed by atoms with E-state index >= 15 is 0 Å². The number of hydrogen-bond donors (Lipinski definition) is 1. The Morgan fingerprint density at radius 2 is 1.82 bits per heavy atom. The smallest absolute Gasteiger partial charge is 0.303 e. The molecule has 1 N–H and O–H groups in total. The van der Waals surface area contributed by atoms with Crippen molar-refractivity contribution in [2.75, 3.05) is 6.61 Å². The summed E-state index contributed by atoms with van der Waals surface area (Å²) in [6.07, 6.45) is 4.86. The molecule has 0 amide bonds. The topological polar surface area (TPSA) is 85.5 Å². The number of carboxylic acid groups (broad SMARTS) is 1. The van der Waals surface area contributed by atoms with E-state index in [1.54, 1.807) is 6.20 Å². The molecule has 0 spiro atoms. The standard InChI is InChI=1S/C27H26N2O4/c1-18-15-24(10-8-20(18)9-11-26(30)31)32-14-12-25-19(2)33-27(29-25)22-6-3-5-21(16-22)23-7-4-13-28-17-23/h3-8,10,13,15-17H,9,11-12,14H2,1-2H3,(H,30,31). The molecule has 2 aromatic heterocycles. The van der Waals surface area contributed by atoms with Gasteiger partial charge in [0.1, 0.15) is 11.5 Å². The van der Waals surface area contributed by atoms with Crippen LogP contribution in [-0.2, 0) is 17.6 Å². The Hall–Kier alpha value is -3.93. The van der Waals surface area contributed by atoms with Crippen molar-refractivity contribution >= 4 is 5.97 Å². The zero-order chi connectivity index (χ0) is 23.2. The molecule has 0 saturated heterocycles. The molecular weight excluding hydrogens is 416 g/mol. The third-order valence-corrected chi connectivity index (χ3v) is 5.53. The van der Waals surface area contributed by atoms with Crippen molar-refractivity contribution in [3.63, 3.8) is 0 Å². The molecule has 6 heteroatoms. The van der Waals surface area contributed by atoms with Crippen molar-refractivity contribution < 1.29 is 19.1 Å². The van der Waals surface area contributed by atoms with Gasteiger partial charge in [-0.3, -0.25) is 9.78 Å². The Morgan fingerprint density at radius 3 is 2.58 bits per heavy atom. The number of rotatable bonds is 9. The van der Waals surface area contributed by atoms with Gasteiger partial charge in [-0.15, -0.1) is 0 Å². The lowest BCUT2D eigenvalue weighted by Gasteiger charge is -2.09. The highest BCUT2D eigenvalue weighted by Crippen LogP contribution is 2.27. The van der Waals surface area contributed by atoms with Gasteiger partial charge in [-0.1, -0.05) is 24.3 Å². The Balaban J connectivity index is 1.40. The van der Waals surface area contributed by atoms with Crippen LogP contribution in [-0.4, -0.2) is 27.7 Å². The van der Waals surface area contributed by atoms with Crippen molar-refractivity contribution in [2.45, 2.75) is 33.1 Å². The second-order valence-electron chi connectivity index (χ2n) is 7.92. The van der Waals surface area contributed by atoms with Gasteiger partial charge < -0.3 is 14.3 Å². The van der Waals surface area contributed by atoms with Gasteiger partial charge in [0.2, 0.25) is 5.89 Å². The van der Waals surface area contributed by atoms with Gasteiger partial charge >= 0.3 is 5.97 Å². The minimum Gasteiger partial charge on any atom is -0.493 e. The highest BCUT2D eigenvalue weighted by molar-refractivity contribution is 5.69. The molecule has 4 rings (SSSR count). The fraction of sp³-hybridized carbons (Fsp3) is 0.222. The fourth-order valence-electron chi connectivity index (χ4n) is 3.69. The first-order valence-electron chi connectivity index (χ1n) is 10.9. The van der Waals surface area contributed by atoms with Gasteiger partial charge in [0.15, 0.2) is 0 Å². The molecule has 33 heavy (non-hydrogen) atoms. The zero-order valence-electron chi connectivity index (χ0n) is 18.7. The van der Waals surface area contributed by atoms with Crippen LogP contribution in [0.15, 0.2) is 71.4 Å². The molecule has 168 valence electrons. The normalized spacial score (nSPS) is 10.8. The van der Waals surface area contributed by atoms with Crippen molar-refractivity contribution in [3.8, 4) is 28.3 Å². The predicted molar refractivity (Wildman–Crippen MR) is 126 cm³/mol. The van der Waals surface area contributed by atoms with E-state index in [-0.39, 0.29) is 6.42 Å². The fourth-order valence-corrected chi connectivity index (χ4v) is 3.69. The zero-order valence-corrected chi connectivity index (χ0v) is 18.7. The van der Waals surface area contributed by atoms with E-state index in [0.29, 0.717) is 25.3 Å². The van der Waals surface area contributed by atoms with Crippen LogP contribution in [0.5, 0.6) is 5.75 Å². The van der Waals surface area contributed by atoms with E-state index in [1.807, 2.05) is 68.6 Å². The second-order valence-corrected chi connectivity index (χ2v) is 7.92. The van der Waals surface area contributed by atoms with E-state index in [2.05, 4.69) is 11.1 Å². The first kappa shape index (κ1) is 22.3. The van der Waals surface area contributed by atoms with Crippen LogP contribution in [0.3, 0.4) is 0 Å². The number of pyridine rings is 1. The average molecular weight is 443 g/mol. The summed E-state index contributed by atoms with van der Waals surface area (Å²) in [5.74, 6) is 1.34. The quantitative estimate of drug-likeness (QED) is 0.360. The molecule has 2 heterocycles. The summed E-state index contributed by atoms with van der Waals surface area (Å²) in [6, 6.07) is 17.8. The maximum absolute atomic E-state index is 10.8.